The minimum Gasteiger partial charge on any atom is -0.372 e. The molecular formula is C13H14F2N2O4. The lowest BCUT2D eigenvalue weighted by molar-refractivity contribution is -0.387. The first-order valence-corrected chi connectivity index (χ1v) is 6.37. The molecule has 1 aliphatic rings. The Morgan fingerprint density at radius 1 is 1.33 bits per heavy atom. The molecule has 0 radical (unpaired) electrons. The Morgan fingerprint density at radius 2 is 1.90 bits per heavy atom. The molecule has 1 amide bonds. The van der Waals surface area contributed by atoms with Crippen LogP contribution in [0.4, 0.5) is 14.5 Å². The zero-order valence-electron chi connectivity index (χ0n) is 11.5. The van der Waals surface area contributed by atoms with E-state index in [2.05, 4.69) is 0 Å². The maximum Gasteiger partial charge on any atom is 0.308 e. The molecule has 2 rings (SSSR count). The van der Waals surface area contributed by atoms with Crippen molar-refractivity contribution in [2.45, 2.75) is 26.1 Å². The van der Waals surface area contributed by atoms with Crippen LogP contribution in [0.15, 0.2) is 12.1 Å². The molecule has 1 heterocycles. The van der Waals surface area contributed by atoms with Gasteiger partial charge in [0.2, 0.25) is 5.82 Å². The molecule has 0 bridgehead atoms. The van der Waals surface area contributed by atoms with E-state index in [4.69, 9.17) is 4.74 Å². The van der Waals surface area contributed by atoms with Crippen molar-refractivity contribution < 1.29 is 23.2 Å². The summed E-state index contributed by atoms with van der Waals surface area (Å²) in [4.78, 5) is 23.2. The molecule has 2 unspecified atom stereocenters. The number of amides is 1. The molecule has 1 fully saturated rings. The Bertz CT molecular complexity index is 584. The predicted molar refractivity (Wildman–Crippen MR) is 68.9 cm³/mol. The molecule has 0 saturated carbocycles. The summed E-state index contributed by atoms with van der Waals surface area (Å²) in [7, 11) is 0. The molecule has 0 spiro atoms. The highest BCUT2D eigenvalue weighted by Gasteiger charge is 2.31. The van der Waals surface area contributed by atoms with E-state index < -0.39 is 33.7 Å². The Morgan fingerprint density at radius 3 is 2.43 bits per heavy atom. The van der Waals surface area contributed by atoms with Crippen molar-refractivity contribution in [3.05, 3.63) is 39.4 Å². The molecular weight excluding hydrogens is 286 g/mol. The van der Waals surface area contributed by atoms with Crippen molar-refractivity contribution in [3.8, 4) is 0 Å². The van der Waals surface area contributed by atoms with Gasteiger partial charge in [0, 0.05) is 13.1 Å². The van der Waals surface area contributed by atoms with Crippen molar-refractivity contribution in [1.82, 2.24) is 4.90 Å². The Hall–Kier alpha value is -2.09. The number of nitro groups is 1. The van der Waals surface area contributed by atoms with Crippen LogP contribution >= 0.6 is 0 Å². The van der Waals surface area contributed by atoms with Crippen molar-refractivity contribution in [1.29, 1.82) is 0 Å². The van der Waals surface area contributed by atoms with Gasteiger partial charge in [0.25, 0.3) is 5.91 Å². The number of hydrogen-bond donors (Lipinski definition) is 0. The van der Waals surface area contributed by atoms with Crippen LogP contribution in [-0.4, -0.2) is 41.0 Å². The molecule has 0 aromatic heterocycles. The fraction of sp³-hybridized carbons (Fsp3) is 0.462. The van der Waals surface area contributed by atoms with Gasteiger partial charge in [0.1, 0.15) is 5.82 Å². The van der Waals surface area contributed by atoms with Gasteiger partial charge in [-0.15, -0.1) is 0 Å². The monoisotopic (exact) mass is 300 g/mol. The van der Waals surface area contributed by atoms with Crippen LogP contribution in [0, 0.1) is 21.7 Å². The lowest BCUT2D eigenvalue weighted by atomic mass is 10.1. The van der Waals surface area contributed by atoms with E-state index in [1.165, 1.54) is 4.90 Å². The highest BCUT2D eigenvalue weighted by molar-refractivity contribution is 5.95. The van der Waals surface area contributed by atoms with Gasteiger partial charge in [-0.25, -0.2) is 4.39 Å². The molecule has 8 heteroatoms. The number of carbonyl (C=O) groups excluding carboxylic acids is 1. The quantitative estimate of drug-likeness (QED) is 0.619. The number of ether oxygens (including phenoxy) is 1. The number of nitro benzene ring substituents is 1. The number of nitrogens with zero attached hydrogens (tertiary/aromatic N) is 2. The van der Waals surface area contributed by atoms with E-state index in [9.17, 15) is 23.7 Å². The van der Waals surface area contributed by atoms with Crippen LogP contribution in [0.1, 0.15) is 24.2 Å². The fourth-order valence-electron chi connectivity index (χ4n) is 2.38. The maximum absolute atomic E-state index is 14.0. The van der Waals surface area contributed by atoms with Crippen molar-refractivity contribution in [2.75, 3.05) is 13.1 Å². The smallest absolute Gasteiger partial charge is 0.308 e. The molecule has 21 heavy (non-hydrogen) atoms. The topological polar surface area (TPSA) is 72.7 Å². The highest BCUT2D eigenvalue weighted by atomic mass is 19.1. The summed E-state index contributed by atoms with van der Waals surface area (Å²) in [5.41, 5.74) is -1.68. The number of carbonyl (C=O) groups is 1. The SMILES string of the molecule is CC1CN(C(=O)c2cc(F)cc([N+](=O)[O-])c2F)CC(C)O1. The lowest BCUT2D eigenvalue weighted by Gasteiger charge is -2.35. The van der Waals surface area contributed by atoms with E-state index in [1.54, 1.807) is 13.8 Å². The third kappa shape index (κ3) is 3.15. The summed E-state index contributed by atoms with van der Waals surface area (Å²) in [5.74, 6) is -3.13. The Labute approximate surface area is 119 Å². The summed E-state index contributed by atoms with van der Waals surface area (Å²) in [6, 6.07) is 1.13. The Balaban J connectivity index is 2.37. The molecule has 1 saturated heterocycles. The van der Waals surface area contributed by atoms with Crippen LogP contribution in [0.3, 0.4) is 0 Å². The summed E-state index contributed by atoms with van der Waals surface area (Å²) < 4.78 is 32.8. The van der Waals surface area contributed by atoms with Gasteiger partial charge in [0.15, 0.2) is 0 Å². The molecule has 114 valence electrons. The van der Waals surface area contributed by atoms with E-state index in [-0.39, 0.29) is 25.3 Å². The van der Waals surface area contributed by atoms with E-state index >= 15 is 0 Å². The fourth-order valence-corrected chi connectivity index (χ4v) is 2.38. The third-order valence-corrected chi connectivity index (χ3v) is 3.15. The summed E-state index contributed by atoms with van der Waals surface area (Å²) in [6.45, 7) is 3.93. The van der Waals surface area contributed by atoms with Crippen LogP contribution in [0.2, 0.25) is 0 Å². The van der Waals surface area contributed by atoms with Gasteiger partial charge in [-0.05, 0) is 19.9 Å². The molecule has 1 aromatic carbocycles. The van der Waals surface area contributed by atoms with Gasteiger partial charge < -0.3 is 9.64 Å². The van der Waals surface area contributed by atoms with Gasteiger partial charge in [0.05, 0.1) is 28.8 Å². The first-order chi connectivity index (χ1) is 9.79. The summed E-state index contributed by atoms with van der Waals surface area (Å²) in [5, 5.41) is 10.7. The second kappa shape index (κ2) is 5.72. The minimum absolute atomic E-state index is 0.215. The summed E-state index contributed by atoms with van der Waals surface area (Å²) in [6.07, 6.45) is -0.492. The maximum atomic E-state index is 14.0. The number of morpholine rings is 1. The summed E-state index contributed by atoms with van der Waals surface area (Å²) >= 11 is 0. The molecule has 1 aliphatic heterocycles. The first kappa shape index (κ1) is 15.3. The Kier molecular flexibility index (Phi) is 4.17. The molecule has 6 nitrogen and oxygen atoms in total. The van der Waals surface area contributed by atoms with Gasteiger partial charge in [-0.2, -0.15) is 4.39 Å². The molecule has 0 aliphatic carbocycles. The predicted octanol–water partition coefficient (Wildman–Crippen LogP) is 2.12. The van der Waals surface area contributed by atoms with Crippen molar-refractivity contribution >= 4 is 11.6 Å². The van der Waals surface area contributed by atoms with Crippen LogP contribution in [0.5, 0.6) is 0 Å². The van der Waals surface area contributed by atoms with E-state index in [0.717, 1.165) is 0 Å². The largest absolute Gasteiger partial charge is 0.372 e. The zero-order chi connectivity index (χ0) is 15.7. The second-order valence-corrected chi connectivity index (χ2v) is 5.01. The highest BCUT2D eigenvalue weighted by Crippen LogP contribution is 2.24. The molecule has 1 aromatic rings. The average molecular weight is 300 g/mol. The van der Waals surface area contributed by atoms with Crippen LogP contribution < -0.4 is 0 Å². The van der Waals surface area contributed by atoms with E-state index in [1.807, 2.05) is 0 Å². The molecule has 2 atom stereocenters. The second-order valence-electron chi connectivity index (χ2n) is 5.01. The average Bonchev–Trinajstić information content (AvgIpc) is 2.38. The lowest BCUT2D eigenvalue weighted by Crippen LogP contribution is -2.48. The number of halogens is 2. The van der Waals surface area contributed by atoms with E-state index in [0.29, 0.717) is 12.1 Å². The standard InChI is InChI=1S/C13H14F2N2O4/c1-7-5-16(6-8(2)21-7)13(18)10-3-9(14)4-11(12(10)15)17(19)20/h3-4,7-8H,5-6H2,1-2H3. The first-order valence-electron chi connectivity index (χ1n) is 6.37. The minimum atomic E-state index is -1.32. The molecule has 0 N–H and O–H groups in total. The number of rotatable bonds is 2. The van der Waals surface area contributed by atoms with Gasteiger partial charge in [-0.3, -0.25) is 14.9 Å². The van der Waals surface area contributed by atoms with Gasteiger partial charge in [-0.1, -0.05) is 0 Å². The third-order valence-electron chi connectivity index (χ3n) is 3.15. The normalized spacial score (nSPS) is 22.2. The van der Waals surface area contributed by atoms with Crippen molar-refractivity contribution in [2.24, 2.45) is 0 Å². The number of benzene rings is 1. The van der Waals surface area contributed by atoms with Crippen LogP contribution in [0.25, 0.3) is 0 Å². The number of hydrogen-bond acceptors (Lipinski definition) is 4. The zero-order valence-corrected chi connectivity index (χ0v) is 11.5. The van der Waals surface area contributed by atoms with Gasteiger partial charge >= 0.3 is 5.69 Å². The van der Waals surface area contributed by atoms with Crippen LogP contribution in [-0.2, 0) is 4.74 Å². The van der Waals surface area contributed by atoms with Crippen molar-refractivity contribution in [3.63, 3.8) is 0 Å².